The van der Waals surface area contributed by atoms with Gasteiger partial charge in [0.05, 0.1) is 12.2 Å². The Hall–Kier alpha value is -0.510. The molecule has 0 aromatic heterocycles. The van der Waals surface area contributed by atoms with Crippen LogP contribution in [0.1, 0.15) is 98.0 Å². The normalized spacial score (nSPS) is 13.4. The van der Waals surface area contributed by atoms with E-state index >= 15 is 0 Å². The molecule has 0 spiro atoms. The van der Waals surface area contributed by atoms with Crippen LogP contribution in [0.5, 0.6) is 0 Å². The quantitative estimate of drug-likeness (QED) is 0.171. The fraction of sp³-hybridized carbons (Fsp3) is 0.760. The van der Waals surface area contributed by atoms with Crippen LogP contribution in [-0.4, -0.2) is 18.0 Å². The highest BCUT2D eigenvalue weighted by Gasteiger charge is 2.43. The van der Waals surface area contributed by atoms with E-state index in [9.17, 15) is 0 Å². The molecule has 0 radical (unpaired) electrons. The Bertz CT molecular complexity index is 477. The van der Waals surface area contributed by atoms with Crippen molar-refractivity contribution in [2.45, 2.75) is 110 Å². The molecular formula is C25H44O2S. The van der Waals surface area contributed by atoms with Gasteiger partial charge in [0.15, 0.2) is 5.79 Å². The van der Waals surface area contributed by atoms with Gasteiger partial charge in [0, 0.05) is 11.5 Å². The predicted molar refractivity (Wildman–Crippen MR) is 125 cm³/mol. The predicted octanol–water partition coefficient (Wildman–Crippen LogP) is 7.77. The van der Waals surface area contributed by atoms with E-state index in [4.69, 9.17) is 9.47 Å². The minimum atomic E-state index is -0.685. The van der Waals surface area contributed by atoms with Crippen molar-refractivity contribution >= 4 is 12.6 Å². The SMILES string of the molecule is CCCCCCCCC(CCCS)C(OC(C)C)(OC(C)C)c1ccccc1. The smallest absolute Gasteiger partial charge is 0.198 e. The Morgan fingerprint density at radius 1 is 0.786 bits per heavy atom. The van der Waals surface area contributed by atoms with Crippen molar-refractivity contribution in [3.05, 3.63) is 35.9 Å². The number of thiol groups is 1. The molecule has 0 bridgehead atoms. The number of hydrogen-bond donors (Lipinski definition) is 1. The first kappa shape index (κ1) is 25.5. The average Bonchev–Trinajstić information content (AvgIpc) is 2.66. The zero-order valence-corrected chi connectivity index (χ0v) is 19.8. The number of ether oxygens (including phenoxy) is 2. The van der Waals surface area contributed by atoms with Gasteiger partial charge < -0.3 is 9.47 Å². The lowest BCUT2D eigenvalue weighted by Gasteiger charge is -2.43. The lowest BCUT2D eigenvalue weighted by Crippen LogP contribution is -2.44. The summed E-state index contributed by atoms with van der Waals surface area (Å²) in [5, 5.41) is 0. The molecule has 1 aromatic carbocycles. The molecule has 1 unspecified atom stereocenters. The standard InChI is InChI=1S/C25H44O2S/c1-6-7-8-9-10-12-16-24(19-15-20-28)25(26-21(2)3,27-22(4)5)23-17-13-11-14-18-23/h11,13-14,17-18,21-22,24,28H,6-10,12,15-16,19-20H2,1-5H3. The molecule has 1 rings (SSSR count). The maximum Gasteiger partial charge on any atom is 0.198 e. The van der Waals surface area contributed by atoms with Crippen molar-refractivity contribution in [1.29, 1.82) is 0 Å². The van der Waals surface area contributed by atoms with Crippen LogP contribution in [0, 0.1) is 5.92 Å². The molecule has 0 aliphatic heterocycles. The van der Waals surface area contributed by atoms with Crippen LogP contribution >= 0.6 is 12.6 Å². The molecule has 162 valence electrons. The van der Waals surface area contributed by atoms with Gasteiger partial charge in [-0.3, -0.25) is 0 Å². The second kappa shape index (κ2) is 14.5. The van der Waals surface area contributed by atoms with Gasteiger partial charge in [0.1, 0.15) is 0 Å². The molecule has 1 atom stereocenters. The van der Waals surface area contributed by atoms with Crippen LogP contribution in [0.3, 0.4) is 0 Å². The zero-order valence-electron chi connectivity index (χ0n) is 19.0. The molecule has 0 heterocycles. The Balaban J connectivity index is 3.09. The summed E-state index contributed by atoms with van der Waals surface area (Å²) in [7, 11) is 0. The third-order valence-corrected chi connectivity index (χ3v) is 5.47. The van der Waals surface area contributed by atoms with Crippen LogP contribution in [0.15, 0.2) is 30.3 Å². The summed E-state index contributed by atoms with van der Waals surface area (Å²) in [4.78, 5) is 0. The molecule has 0 N–H and O–H groups in total. The summed E-state index contributed by atoms with van der Waals surface area (Å²) in [5.41, 5.74) is 1.15. The van der Waals surface area contributed by atoms with Gasteiger partial charge >= 0.3 is 0 Å². The van der Waals surface area contributed by atoms with Gasteiger partial charge in [-0.05, 0) is 52.7 Å². The summed E-state index contributed by atoms with van der Waals surface area (Å²) in [6, 6.07) is 10.6. The topological polar surface area (TPSA) is 18.5 Å². The highest BCUT2D eigenvalue weighted by Crippen LogP contribution is 2.42. The lowest BCUT2D eigenvalue weighted by molar-refractivity contribution is -0.308. The fourth-order valence-electron chi connectivity index (χ4n) is 4.00. The van der Waals surface area contributed by atoms with Gasteiger partial charge in [0.2, 0.25) is 0 Å². The van der Waals surface area contributed by atoms with Crippen molar-refractivity contribution in [3.63, 3.8) is 0 Å². The van der Waals surface area contributed by atoms with E-state index in [0.29, 0.717) is 5.92 Å². The third-order valence-electron chi connectivity index (χ3n) is 5.15. The Kier molecular flexibility index (Phi) is 13.2. The molecule has 0 saturated heterocycles. The number of benzene rings is 1. The third kappa shape index (κ3) is 8.88. The van der Waals surface area contributed by atoms with E-state index in [-0.39, 0.29) is 12.2 Å². The Morgan fingerprint density at radius 3 is 1.86 bits per heavy atom. The monoisotopic (exact) mass is 408 g/mol. The van der Waals surface area contributed by atoms with Gasteiger partial charge in [-0.2, -0.15) is 12.6 Å². The van der Waals surface area contributed by atoms with Crippen molar-refractivity contribution in [1.82, 2.24) is 0 Å². The summed E-state index contributed by atoms with van der Waals surface area (Å²) >= 11 is 4.48. The van der Waals surface area contributed by atoms with Crippen LogP contribution in [-0.2, 0) is 15.3 Å². The Morgan fingerprint density at radius 2 is 1.32 bits per heavy atom. The summed E-state index contributed by atoms with van der Waals surface area (Å²) in [6.45, 7) is 10.7. The number of hydrogen-bond acceptors (Lipinski definition) is 3. The highest BCUT2D eigenvalue weighted by molar-refractivity contribution is 7.80. The average molecular weight is 409 g/mol. The number of unbranched alkanes of at least 4 members (excludes halogenated alkanes) is 5. The van der Waals surface area contributed by atoms with E-state index in [2.05, 4.69) is 77.6 Å². The molecule has 0 aliphatic carbocycles. The molecule has 1 aromatic rings. The van der Waals surface area contributed by atoms with E-state index in [1.54, 1.807) is 0 Å². The summed E-state index contributed by atoms with van der Waals surface area (Å²) in [5.74, 6) is 0.551. The molecule has 0 amide bonds. The highest BCUT2D eigenvalue weighted by atomic mass is 32.1. The van der Waals surface area contributed by atoms with Gasteiger partial charge in [-0.1, -0.05) is 75.8 Å². The van der Waals surface area contributed by atoms with Gasteiger partial charge in [-0.25, -0.2) is 0 Å². The maximum atomic E-state index is 6.64. The summed E-state index contributed by atoms with van der Waals surface area (Å²) < 4.78 is 13.3. The number of rotatable bonds is 16. The first-order valence-electron chi connectivity index (χ1n) is 11.5. The first-order chi connectivity index (χ1) is 13.5. The molecule has 0 saturated carbocycles. The van der Waals surface area contributed by atoms with Crippen molar-refractivity contribution < 1.29 is 9.47 Å². The minimum Gasteiger partial charge on any atom is -0.343 e. The van der Waals surface area contributed by atoms with Crippen molar-refractivity contribution in [2.24, 2.45) is 5.92 Å². The largest absolute Gasteiger partial charge is 0.343 e. The van der Waals surface area contributed by atoms with Crippen molar-refractivity contribution in [2.75, 3.05) is 5.75 Å². The zero-order chi connectivity index (χ0) is 20.8. The molecule has 0 fully saturated rings. The molecular weight excluding hydrogens is 364 g/mol. The van der Waals surface area contributed by atoms with Gasteiger partial charge in [0.25, 0.3) is 0 Å². The molecule has 2 nitrogen and oxygen atoms in total. The lowest BCUT2D eigenvalue weighted by atomic mass is 9.83. The molecule has 28 heavy (non-hydrogen) atoms. The van der Waals surface area contributed by atoms with Crippen LogP contribution in [0.2, 0.25) is 0 Å². The first-order valence-corrected chi connectivity index (χ1v) is 12.1. The van der Waals surface area contributed by atoms with Gasteiger partial charge in [-0.15, -0.1) is 0 Å². The maximum absolute atomic E-state index is 6.64. The van der Waals surface area contributed by atoms with Crippen LogP contribution in [0.4, 0.5) is 0 Å². The Labute approximate surface area is 180 Å². The van der Waals surface area contributed by atoms with Crippen LogP contribution < -0.4 is 0 Å². The van der Waals surface area contributed by atoms with E-state index < -0.39 is 5.79 Å². The summed E-state index contributed by atoms with van der Waals surface area (Å²) in [6.07, 6.45) is 11.4. The fourth-order valence-corrected chi connectivity index (χ4v) is 4.18. The second-order valence-electron chi connectivity index (χ2n) is 8.49. The minimum absolute atomic E-state index is 0.0991. The van der Waals surface area contributed by atoms with Crippen molar-refractivity contribution in [3.8, 4) is 0 Å². The van der Waals surface area contributed by atoms with E-state index in [1.165, 1.54) is 38.5 Å². The molecule has 0 aliphatic rings. The van der Waals surface area contributed by atoms with Crippen LogP contribution in [0.25, 0.3) is 0 Å². The van der Waals surface area contributed by atoms with E-state index in [0.717, 1.165) is 30.6 Å². The van der Waals surface area contributed by atoms with E-state index in [1.807, 2.05) is 0 Å². The molecule has 3 heteroatoms. The second-order valence-corrected chi connectivity index (χ2v) is 8.93.